The minimum Gasteiger partial charge on any atom is -0.356 e. The lowest BCUT2D eigenvalue weighted by molar-refractivity contribution is -0.175. The molecule has 9 nitrogen and oxygen atoms in total. The third kappa shape index (κ3) is 6.02. The number of hydrazine groups is 1. The van der Waals surface area contributed by atoms with Crippen LogP contribution in [0.25, 0.3) is 0 Å². The average molecular weight is 526 g/mol. The van der Waals surface area contributed by atoms with Gasteiger partial charge in [-0.25, -0.2) is 5.43 Å². The Balaban J connectivity index is 0.00000432. The molecule has 6 atom stereocenters. The topological polar surface area (TPSA) is 120 Å². The van der Waals surface area contributed by atoms with Gasteiger partial charge in [-0.3, -0.25) is 24.6 Å². The van der Waals surface area contributed by atoms with Gasteiger partial charge in [0.05, 0.1) is 5.92 Å². The molecule has 13 heteroatoms. The Morgan fingerprint density at radius 3 is 2.49 bits per heavy atom. The molecule has 0 aromatic heterocycles. The molecule has 1 saturated carbocycles. The molecule has 0 spiro atoms. The zero-order chi connectivity index (χ0) is 25.4. The van der Waals surface area contributed by atoms with Crippen LogP contribution in [0.15, 0.2) is 0 Å². The molecule has 0 aromatic rings. The van der Waals surface area contributed by atoms with Gasteiger partial charge >= 0.3 is 12.1 Å². The van der Waals surface area contributed by atoms with E-state index in [0.29, 0.717) is 19.4 Å². The molecular weight excluding hydrogens is 491 g/mol. The van der Waals surface area contributed by atoms with Crippen molar-refractivity contribution >= 4 is 36.0 Å². The maximum atomic E-state index is 13.4. The number of carbonyl (C=O) groups excluding carboxylic acids is 4. The highest BCUT2D eigenvalue weighted by Crippen LogP contribution is 2.64. The summed E-state index contributed by atoms with van der Waals surface area (Å²) >= 11 is 0. The molecule has 4 N–H and O–H groups in total. The molecule has 2 saturated heterocycles. The lowest BCUT2D eigenvalue weighted by Crippen LogP contribution is -2.60. The second-order valence-electron chi connectivity index (χ2n) is 10.2. The number of halogens is 4. The number of carbonyl (C=O) groups is 4. The fourth-order valence-corrected chi connectivity index (χ4v) is 5.26. The Morgan fingerprint density at radius 1 is 1.26 bits per heavy atom. The summed E-state index contributed by atoms with van der Waals surface area (Å²) in [5, 5.41) is 4.61. The van der Waals surface area contributed by atoms with Gasteiger partial charge in [0.25, 0.3) is 5.91 Å². The number of alkyl halides is 3. The molecule has 0 bridgehead atoms. The van der Waals surface area contributed by atoms with E-state index >= 15 is 0 Å². The zero-order valence-electron chi connectivity index (χ0n) is 20.3. The van der Waals surface area contributed by atoms with Gasteiger partial charge in [-0.15, -0.1) is 12.4 Å². The molecule has 0 aromatic carbocycles. The van der Waals surface area contributed by atoms with Crippen molar-refractivity contribution in [2.75, 3.05) is 19.6 Å². The fourth-order valence-electron chi connectivity index (χ4n) is 5.26. The van der Waals surface area contributed by atoms with Crippen molar-refractivity contribution in [2.24, 2.45) is 29.1 Å². The van der Waals surface area contributed by atoms with E-state index in [-0.39, 0.29) is 54.6 Å². The maximum Gasteiger partial charge on any atom is 0.471 e. The number of fused-ring (bicyclic) bond motifs is 1. The summed E-state index contributed by atoms with van der Waals surface area (Å²) in [5.74, 6) is -4.40. The molecule has 200 valence electrons. The molecule has 3 rings (SSSR count). The van der Waals surface area contributed by atoms with Crippen molar-refractivity contribution in [3.8, 4) is 0 Å². The quantitative estimate of drug-likeness (QED) is 0.354. The van der Waals surface area contributed by atoms with E-state index in [9.17, 15) is 32.3 Å². The lowest BCUT2D eigenvalue weighted by Gasteiger charge is -2.35. The van der Waals surface area contributed by atoms with Crippen molar-refractivity contribution < 1.29 is 32.3 Å². The van der Waals surface area contributed by atoms with Crippen molar-refractivity contribution in [1.82, 2.24) is 26.4 Å². The van der Waals surface area contributed by atoms with Crippen LogP contribution in [0.1, 0.15) is 47.0 Å². The van der Waals surface area contributed by atoms with E-state index in [1.165, 1.54) is 4.90 Å². The summed E-state index contributed by atoms with van der Waals surface area (Å²) in [5.41, 5.74) is 5.18. The number of hydrogen-bond acceptors (Lipinski definition) is 5. The monoisotopic (exact) mass is 525 g/mol. The summed E-state index contributed by atoms with van der Waals surface area (Å²) in [6, 6.07) is -2.27. The standard InChI is InChI=1S/C22H34F3N5O4.ClH/c1-5-11(2)15(28-20(34)22(23,24)25)19(33)30-10-13-14(21(13,3)4)16(30)18(32)29-27-9-12-7-6-8-26-17(12)31;/h11-16,27H,5-10H2,1-4H3,(H,26,31)(H,28,34)(H,29,32);1H/t11-,12-,13-,14-,15-,16-;/m0./s1. The highest BCUT2D eigenvalue weighted by molar-refractivity contribution is 5.94. The molecule has 0 radical (unpaired) electrons. The number of nitrogens with zero attached hydrogens (tertiary/aromatic N) is 1. The van der Waals surface area contributed by atoms with Crippen LogP contribution in [0.5, 0.6) is 0 Å². The summed E-state index contributed by atoms with van der Waals surface area (Å²) in [6.45, 7) is 8.36. The van der Waals surface area contributed by atoms with Gasteiger partial charge < -0.3 is 15.5 Å². The summed E-state index contributed by atoms with van der Waals surface area (Å²) in [4.78, 5) is 51.3. The minimum atomic E-state index is -5.12. The van der Waals surface area contributed by atoms with Crippen LogP contribution in [-0.4, -0.2) is 66.4 Å². The second kappa shape index (κ2) is 10.9. The summed E-state index contributed by atoms with van der Waals surface area (Å²) < 4.78 is 38.6. The van der Waals surface area contributed by atoms with Crippen LogP contribution in [0, 0.1) is 29.1 Å². The minimum absolute atomic E-state index is 0. The Bertz CT molecular complexity index is 840. The van der Waals surface area contributed by atoms with E-state index in [1.807, 2.05) is 19.2 Å². The first-order valence-corrected chi connectivity index (χ1v) is 11.8. The third-order valence-electron chi connectivity index (χ3n) is 7.74. The van der Waals surface area contributed by atoms with Gasteiger partial charge in [0.2, 0.25) is 11.8 Å². The lowest BCUT2D eigenvalue weighted by atomic mass is 9.95. The Hall–Kier alpha value is -2.08. The van der Waals surface area contributed by atoms with Gasteiger partial charge in [0.15, 0.2) is 0 Å². The molecule has 2 heterocycles. The van der Waals surface area contributed by atoms with E-state index < -0.39 is 41.9 Å². The zero-order valence-corrected chi connectivity index (χ0v) is 21.1. The van der Waals surface area contributed by atoms with Gasteiger partial charge in [0.1, 0.15) is 12.1 Å². The first-order valence-electron chi connectivity index (χ1n) is 11.8. The average Bonchev–Trinajstić information content (AvgIpc) is 3.11. The maximum absolute atomic E-state index is 13.4. The number of likely N-dealkylation sites (tertiary alicyclic amines) is 1. The highest BCUT2D eigenvalue weighted by Gasteiger charge is 2.69. The van der Waals surface area contributed by atoms with Gasteiger partial charge in [0, 0.05) is 19.6 Å². The first kappa shape index (κ1) is 29.2. The Kier molecular flexibility index (Phi) is 9.08. The molecule has 1 aliphatic carbocycles. The van der Waals surface area contributed by atoms with E-state index in [0.717, 1.165) is 6.42 Å². The van der Waals surface area contributed by atoms with E-state index in [1.54, 1.807) is 13.8 Å². The van der Waals surface area contributed by atoms with Crippen LogP contribution in [0.2, 0.25) is 0 Å². The van der Waals surface area contributed by atoms with Crippen LogP contribution in [0.3, 0.4) is 0 Å². The molecular formula is C22H35ClF3N5O4. The number of nitrogens with one attached hydrogen (secondary N) is 4. The van der Waals surface area contributed by atoms with Crippen molar-refractivity contribution in [3.05, 3.63) is 0 Å². The van der Waals surface area contributed by atoms with E-state index in [2.05, 4.69) is 16.2 Å². The second-order valence-corrected chi connectivity index (χ2v) is 10.2. The van der Waals surface area contributed by atoms with E-state index in [4.69, 9.17) is 0 Å². The van der Waals surface area contributed by atoms with Gasteiger partial charge in [-0.2, -0.15) is 13.2 Å². The van der Waals surface area contributed by atoms with Crippen molar-refractivity contribution in [2.45, 2.75) is 65.2 Å². The summed E-state index contributed by atoms with van der Waals surface area (Å²) in [7, 11) is 0. The Morgan fingerprint density at radius 2 is 1.91 bits per heavy atom. The van der Waals surface area contributed by atoms with Crippen molar-refractivity contribution in [1.29, 1.82) is 0 Å². The molecule has 4 amide bonds. The third-order valence-corrected chi connectivity index (χ3v) is 7.74. The number of piperidine rings is 2. The molecule has 0 unspecified atom stereocenters. The van der Waals surface area contributed by atoms with Crippen LogP contribution < -0.4 is 21.5 Å². The fraction of sp³-hybridized carbons (Fsp3) is 0.818. The number of hydrogen-bond donors (Lipinski definition) is 4. The van der Waals surface area contributed by atoms with Crippen LogP contribution in [0.4, 0.5) is 13.2 Å². The predicted molar refractivity (Wildman–Crippen MR) is 123 cm³/mol. The molecule has 2 aliphatic heterocycles. The SMILES string of the molecule is CC[C@H](C)[C@H](NC(=O)C(F)(F)F)C(=O)N1C[C@H]2[C@@H]([C@H]1C(=O)NNC[C@@H]1CCCNC1=O)C2(C)C.Cl. The predicted octanol–water partition coefficient (Wildman–Crippen LogP) is 1.13. The Labute approximate surface area is 209 Å². The smallest absolute Gasteiger partial charge is 0.356 e. The first-order chi connectivity index (χ1) is 15.8. The van der Waals surface area contributed by atoms with Gasteiger partial charge in [-0.1, -0.05) is 34.1 Å². The number of amides is 4. The molecule has 3 aliphatic rings. The normalized spacial score (nSPS) is 28.7. The van der Waals surface area contributed by atoms with Gasteiger partial charge in [-0.05, 0) is 36.0 Å². The highest BCUT2D eigenvalue weighted by atomic mass is 35.5. The van der Waals surface area contributed by atoms with Crippen LogP contribution in [-0.2, 0) is 19.2 Å². The van der Waals surface area contributed by atoms with Crippen molar-refractivity contribution in [3.63, 3.8) is 0 Å². The van der Waals surface area contributed by atoms with Crippen LogP contribution >= 0.6 is 12.4 Å². The molecule has 35 heavy (non-hydrogen) atoms. The largest absolute Gasteiger partial charge is 0.471 e. The summed E-state index contributed by atoms with van der Waals surface area (Å²) in [6.07, 6.45) is -3.22. The molecule has 3 fully saturated rings. The number of rotatable bonds is 8.